The van der Waals surface area contributed by atoms with Crippen LogP contribution in [-0.4, -0.2) is 44.1 Å². The van der Waals surface area contributed by atoms with Gasteiger partial charge in [-0.15, -0.1) is 0 Å². The second-order valence-electron chi connectivity index (χ2n) is 8.37. The van der Waals surface area contributed by atoms with Crippen LogP contribution in [0, 0.1) is 0 Å². The van der Waals surface area contributed by atoms with Crippen LogP contribution >= 0.6 is 0 Å². The van der Waals surface area contributed by atoms with Crippen LogP contribution in [0.1, 0.15) is 31.2 Å². The summed E-state index contributed by atoms with van der Waals surface area (Å²) in [6.45, 7) is 4.70. The molecule has 1 N–H and O–H groups in total. The van der Waals surface area contributed by atoms with Crippen LogP contribution in [0.3, 0.4) is 0 Å². The molecule has 0 bridgehead atoms. The molecule has 4 aromatic rings. The van der Waals surface area contributed by atoms with Crippen LogP contribution in [0.25, 0.3) is 16.6 Å². The lowest BCUT2D eigenvalue weighted by molar-refractivity contribution is -0.123. The van der Waals surface area contributed by atoms with Crippen molar-refractivity contribution in [2.45, 2.75) is 45.3 Å². The highest BCUT2D eigenvalue weighted by Gasteiger charge is 2.22. The number of likely N-dealkylation sites (tertiary alicyclic amines) is 1. The van der Waals surface area contributed by atoms with Gasteiger partial charge in [0, 0.05) is 44.2 Å². The van der Waals surface area contributed by atoms with Crippen molar-refractivity contribution in [3.63, 3.8) is 0 Å². The van der Waals surface area contributed by atoms with Gasteiger partial charge in [0.2, 0.25) is 5.91 Å². The van der Waals surface area contributed by atoms with E-state index in [1.54, 1.807) is 12.3 Å². The molecule has 8 heteroatoms. The van der Waals surface area contributed by atoms with Crippen LogP contribution in [0.4, 0.5) is 0 Å². The summed E-state index contributed by atoms with van der Waals surface area (Å²) in [5, 5.41) is 7.56. The van der Waals surface area contributed by atoms with E-state index in [4.69, 9.17) is 4.42 Å². The van der Waals surface area contributed by atoms with Crippen LogP contribution < -0.4 is 10.9 Å². The smallest absolute Gasteiger partial charge is 0.291 e. The molecule has 4 heterocycles. The monoisotopic (exact) mass is 433 g/mol. The zero-order valence-electron chi connectivity index (χ0n) is 18.2. The third-order valence-corrected chi connectivity index (χ3v) is 6.18. The topological polar surface area (TPSA) is 84.8 Å². The number of benzene rings is 1. The molecule has 1 aliphatic rings. The summed E-state index contributed by atoms with van der Waals surface area (Å²) in [5.41, 5.74) is 2.96. The lowest BCUT2D eigenvalue weighted by Crippen LogP contribution is -2.46. The maximum Gasteiger partial charge on any atom is 0.291 e. The zero-order valence-corrected chi connectivity index (χ0v) is 18.2. The first-order valence-electron chi connectivity index (χ1n) is 11.2. The molecule has 8 nitrogen and oxygen atoms in total. The number of rotatable bonds is 6. The fraction of sp³-hybridized carbons (Fsp3) is 0.375. The minimum Gasteiger partial charge on any atom is -0.463 e. The molecule has 1 aromatic carbocycles. The summed E-state index contributed by atoms with van der Waals surface area (Å²) >= 11 is 0. The van der Waals surface area contributed by atoms with Crippen molar-refractivity contribution < 1.29 is 9.21 Å². The molecule has 1 aliphatic heterocycles. The van der Waals surface area contributed by atoms with Crippen LogP contribution in [0.15, 0.2) is 57.9 Å². The van der Waals surface area contributed by atoms with E-state index in [1.807, 2.05) is 23.5 Å². The van der Waals surface area contributed by atoms with Gasteiger partial charge in [0.1, 0.15) is 17.9 Å². The van der Waals surface area contributed by atoms with Crippen molar-refractivity contribution >= 4 is 22.5 Å². The summed E-state index contributed by atoms with van der Waals surface area (Å²) in [6, 6.07) is 14.1. The van der Waals surface area contributed by atoms with E-state index in [2.05, 4.69) is 39.6 Å². The SMILES string of the molecule is CCc1nn(CC(=O)NC2CCN(Cc3ccccc3)CC2)c(=O)c2cc3occc3n12. The quantitative estimate of drug-likeness (QED) is 0.505. The van der Waals surface area contributed by atoms with Gasteiger partial charge < -0.3 is 9.73 Å². The number of nitrogens with one attached hydrogen (secondary N) is 1. The number of carbonyl (C=O) groups is 1. The number of furan rings is 1. The average molecular weight is 434 g/mol. The molecule has 32 heavy (non-hydrogen) atoms. The number of amides is 1. The standard InChI is InChI=1S/C24H27N5O3/c1-2-22-26-28(24(31)20-14-21-19(29(20)22)10-13-32-21)16-23(30)25-18-8-11-27(12-9-18)15-17-6-4-3-5-7-17/h3-7,10,13-14,18H,2,8-9,11-12,15-16H2,1H3,(H,25,30). The van der Waals surface area contributed by atoms with E-state index in [0.29, 0.717) is 17.5 Å². The first kappa shape index (κ1) is 20.5. The van der Waals surface area contributed by atoms with Crippen molar-refractivity contribution in [1.82, 2.24) is 24.4 Å². The van der Waals surface area contributed by atoms with E-state index < -0.39 is 0 Å². The molecule has 5 rings (SSSR count). The number of aromatic nitrogens is 3. The Balaban J connectivity index is 1.24. The van der Waals surface area contributed by atoms with Gasteiger partial charge in [-0.2, -0.15) is 5.10 Å². The predicted octanol–water partition coefficient (Wildman–Crippen LogP) is 2.59. The summed E-state index contributed by atoms with van der Waals surface area (Å²) in [6.07, 6.45) is 4.03. The van der Waals surface area contributed by atoms with Gasteiger partial charge >= 0.3 is 0 Å². The van der Waals surface area contributed by atoms with Crippen molar-refractivity contribution in [2.75, 3.05) is 13.1 Å². The summed E-state index contributed by atoms with van der Waals surface area (Å²) in [7, 11) is 0. The molecule has 0 radical (unpaired) electrons. The predicted molar refractivity (Wildman–Crippen MR) is 121 cm³/mol. The number of aryl methyl sites for hydroxylation is 1. The minimum absolute atomic E-state index is 0.0842. The maximum atomic E-state index is 13.0. The Morgan fingerprint density at radius 3 is 2.69 bits per heavy atom. The Kier molecular flexibility index (Phi) is 5.53. The second-order valence-corrected chi connectivity index (χ2v) is 8.37. The Labute approximate surface area is 185 Å². The Morgan fingerprint density at radius 2 is 1.94 bits per heavy atom. The average Bonchev–Trinajstić information content (AvgIpc) is 3.40. The molecule has 0 atom stereocenters. The normalized spacial score (nSPS) is 15.5. The van der Waals surface area contributed by atoms with Crippen molar-refractivity contribution in [3.05, 3.63) is 70.5 Å². The molecular weight excluding hydrogens is 406 g/mol. The van der Waals surface area contributed by atoms with Crippen molar-refractivity contribution in [1.29, 1.82) is 0 Å². The largest absolute Gasteiger partial charge is 0.463 e. The van der Waals surface area contributed by atoms with Crippen molar-refractivity contribution in [3.8, 4) is 0 Å². The van der Waals surface area contributed by atoms with Crippen LogP contribution in [0.2, 0.25) is 0 Å². The number of piperidine rings is 1. The highest BCUT2D eigenvalue weighted by molar-refractivity contribution is 5.82. The molecule has 1 amide bonds. The summed E-state index contributed by atoms with van der Waals surface area (Å²) in [5.74, 6) is 0.542. The zero-order chi connectivity index (χ0) is 22.1. The lowest BCUT2D eigenvalue weighted by Gasteiger charge is -2.32. The number of carbonyl (C=O) groups excluding carboxylic acids is 1. The summed E-state index contributed by atoms with van der Waals surface area (Å²) in [4.78, 5) is 28.1. The third kappa shape index (κ3) is 3.93. The highest BCUT2D eigenvalue weighted by Crippen LogP contribution is 2.20. The van der Waals surface area contributed by atoms with Crippen LogP contribution in [0.5, 0.6) is 0 Å². The molecule has 0 spiro atoms. The third-order valence-electron chi connectivity index (χ3n) is 6.18. The van der Waals surface area contributed by atoms with Gasteiger partial charge in [0.25, 0.3) is 5.56 Å². The van der Waals surface area contributed by atoms with E-state index >= 15 is 0 Å². The van der Waals surface area contributed by atoms with E-state index in [1.165, 1.54) is 10.2 Å². The van der Waals surface area contributed by atoms with Gasteiger partial charge in [-0.3, -0.25) is 18.9 Å². The molecule has 3 aromatic heterocycles. The van der Waals surface area contributed by atoms with E-state index in [9.17, 15) is 9.59 Å². The van der Waals surface area contributed by atoms with Gasteiger partial charge in [-0.25, -0.2) is 4.68 Å². The lowest BCUT2D eigenvalue weighted by atomic mass is 10.0. The molecule has 0 aliphatic carbocycles. The molecule has 1 saturated heterocycles. The first-order valence-corrected chi connectivity index (χ1v) is 11.2. The number of hydrogen-bond donors (Lipinski definition) is 1. The van der Waals surface area contributed by atoms with Gasteiger partial charge in [-0.05, 0) is 18.4 Å². The van der Waals surface area contributed by atoms with Gasteiger partial charge in [0.15, 0.2) is 5.58 Å². The van der Waals surface area contributed by atoms with Crippen molar-refractivity contribution in [2.24, 2.45) is 0 Å². The number of hydrogen-bond acceptors (Lipinski definition) is 5. The van der Waals surface area contributed by atoms with Gasteiger partial charge in [0.05, 0.1) is 11.8 Å². The molecule has 0 unspecified atom stereocenters. The number of nitrogens with zero attached hydrogens (tertiary/aromatic N) is 4. The maximum absolute atomic E-state index is 13.0. The minimum atomic E-state index is -0.290. The van der Waals surface area contributed by atoms with Gasteiger partial charge in [-0.1, -0.05) is 37.3 Å². The Bertz CT molecular complexity index is 1300. The highest BCUT2D eigenvalue weighted by atomic mass is 16.3. The Morgan fingerprint density at radius 1 is 1.16 bits per heavy atom. The molecular formula is C24H27N5O3. The molecule has 166 valence electrons. The number of fused-ring (bicyclic) bond motifs is 3. The fourth-order valence-electron chi connectivity index (χ4n) is 4.54. The van der Waals surface area contributed by atoms with Crippen LogP contribution in [-0.2, 0) is 24.3 Å². The molecule has 0 saturated carbocycles. The first-order chi connectivity index (χ1) is 15.6. The van der Waals surface area contributed by atoms with E-state index in [-0.39, 0.29) is 24.1 Å². The molecule has 1 fully saturated rings. The Hall–Kier alpha value is -3.39. The summed E-state index contributed by atoms with van der Waals surface area (Å²) < 4.78 is 8.53. The fourth-order valence-corrected chi connectivity index (χ4v) is 4.54. The second kappa shape index (κ2) is 8.63. The van der Waals surface area contributed by atoms with E-state index in [0.717, 1.165) is 43.8 Å².